The van der Waals surface area contributed by atoms with Crippen molar-refractivity contribution in [2.75, 3.05) is 26.7 Å². The molecule has 0 radical (unpaired) electrons. The van der Waals surface area contributed by atoms with Crippen LogP contribution in [0.1, 0.15) is 50.3 Å². The maximum absolute atomic E-state index is 12.2. The Morgan fingerprint density at radius 1 is 1.06 bits per heavy atom. The second-order valence-corrected chi connectivity index (χ2v) is 8.77. The van der Waals surface area contributed by atoms with Gasteiger partial charge in [0.2, 0.25) is 5.91 Å². The molecule has 8 nitrogen and oxygen atoms in total. The molecule has 2 fully saturated rings. The monoisotopic (exact) mass is 419 g/mol. The Kier molecular flexibility index (Phi) is 5.63. The van der Waals surface area contributed by atoms with Gasteiger partial charge in [-0.2, -0.15) is 9.61 Å². The Morgan fingerprint density at radius 2 is 1.94 bits per heavy atom. The van der Waals surface area contributed by atoms with Crippen molar-refractivity contribution >= 4 is 11.6 Å². The van der Waals surface area contributed by atoms with Crippen LogP contribution in [0.15, 0.2) is 36.7 Å². The fourth-order valence-electron chi connectivity index (χ4n) is 4.84. The molecule has 0 aromatic carbocycles. The van der Waals surface area contributed by atoms with Crippen molar-refractivity contribution in [2.24, 2.45) is 0 Å². The van der Waals surface area contributed by atoms with Crippen molar-refractivity contribution in [1.29, 1.82) is 0 Å². The summed E-state index contributed by atoms with van der Waals surface area (Å²) in [6, 6.07) is 8.21. The number of likely N-dealkylation sites (tertiary alicyclic amines) is 2. The molecule has 8 heteroatoms. The van der Waals surface area contributed by atoms with Gasteiger partial charge in [-0.05, 0) is 63.0 Å². The SMILES string of the molecule is CN1C(=O)CCCCC1CN1CCC(c2nnc3ccc(-c4cccnc4)nn23)CC1. The number of piperidine rings is 1. The van der Waals surface area contributed by atoms with Crippen LogP contribution in [0.4, 0.5) is 0 Å². The molecular formula is C23H29N7O. The highest BCUT2D eigenvalue weighted by Gasteiger charge is 2.29. The van der Waals surface area contributed by atoms with Gasteiger partial charge in [-0.25, -0.2) is 0 Å². The number of rotatable bonds is 4. The number of hydrogen-bond acceptors (Lipinski definition) is 6. The van der Waals surface area contributed by atoms with Crippen LogP contribution in [0.2, 0.25) is 0 Å². The summed E-state index contributed by atoms with van der Waals surface area (Å²) in [5, 5.41) is 13.7. The molecule has 1 atom stereocenters. The zero-order valence-corrected chi connectivity index (χ0v) is 18.0. The summed E-state index contributed by atoms with van der Waals surface area (Å²) in [6.07, 6.45) is 9.63. The number of carbonyl (C=O) groups excluding carboxylic acids is 1. The molecule has 0 bridgehead atoms. The number of carbonyl (C=O) groups is 1. The second kappa shape index (κ2) is 8.70. The van der Waals surface area contributed by atoms with Crippen LogP contribution in [-0.2, 0) is 4.79 Å². The summed E-state index contributed by atoms with van der Waals surface area (Å²) in [6.45, 7) is 3.00. The number of fused-ring (bicyclic) bond motifs is 1. The fraction of sp³-hybridized carbons (Fsp3) is 0.522. The maximum atomic E-state index is 12.2. The van der Waals surface area contributed by atoms with E-state index in [-0.39, 0.29) is 0 Å². The molecule has 0 aliphatic carbocycles. The lowest BCUT2D eigenvalue weighted by Gasteiger charge is -2.36. The third kappa shape index (κ3) is 4.17. The third-order valence-corrected chi connectivity index (χ3v) is 6.79. The van der Waals surface area contributed by atoms with Crippen LogP contribution in [0.5, 0.6) is 0 Å². The predicted octanol–water partition coefficient (Wildman–Crippen LogP) is 2.77. The quantitative estimate of drug-likeness (QED) is 0.647. The first-order valence-corrected chi connectivity index (χ1v) is 11.3. The largest absolute Gasteiger partial charge is 0.341 e. The van der Waals surface area contributed by atoms with Gasteiger partial charge in [0.1, 0.15) is 0 Å². The molecule has 3 aromatic heterocycles. The van der Waals surface area contributed by atoms with E-state index in [1.54, 1.807) is 6.20 Å². The second-order valence-electron chi connectivity index (χ2n) is 8.77. The van der Waals surface area contributed by atoms with E-state index in [2.05, 4.69) is 20.1 Å². The van der Waals surface area contributed by atoms with Gasteiger partial charge in [0.05, 0.1) is 5.69 Å². The molecule has 5 rings (SSSR count). The molecule has 3 aromatic rings. The highest BCUT2D eigenvalue weighted by molar-refractivity contribution is 5.76. The maximum Gasteiger partial charge on any atom is 0.222 e. The van der Waals surface area contributed by atoms with Gasteiger partial charge in [-0.1, -0.05) is 6.42 Å². The lowest BCUT2D eigenvalue weighted by molar-refractivity contribution is -0.131. The average molecular weight is 420 g/mol. The van der Waals surface area contributed by atoms with Crippen molar-refractivity contribution in [3.63, 3.8) is 0 Å². The number of nitrogens with zero attached hydrogens (tertiary/aromatic N) is 7. The van der Waals surface area contributed by atoms with E-state index in [0.717, 1.165) is 74.5 Å². The van der Waals surface area contributed by atoms with E-state index >= 15 is 0 Å². The van der Waals surface area contributed by atoms with Gasteiger partial charge in [-0.15, -0.1) is 10.2 Å². The van der Waals surface area contributed by atoms with Crippen molar-refractivity contribution in [3.8, 4) is 11.3 Å². The minimum absolute atomic E-state index is 0.294. The molecule has 2 aliphatic rings. The van der Waals surface area contributed by atoms with E-state index in [9.17, 15) is 4.79 Å². The molecule has 0 N–H and O–H groups in total. The molecular weight excluding hydrogens is 390 g/mol. The van der Waals surface area contributed by atoms with Crippen molar-refractivity contribution < 1.29 is 4.79 Å². The van der Waals surface area contributed by atoms with E-state index < -0.39 is 0 Å². The van der Waals surface area contributed by atoms with Crippen LogP contribution in [0.3, 0.4) is 0 Å². The molecule has 2 saturated heterocycles. The minimum Gasteiger partial charge on any atom is -0.341 e. The molecule has 1 unspecified atom stereocenters. The van der Waals surface area contributed by atoms with Gasteiger partial charge >= 0.3 is 0 Å². The third-order valence-electron chi connectivity index (χ3n) is 6.79. The number of aromatic nitrogens is 5. The van der Waals surface area contributed by atoms with Gasteiger partial charge in [-0.3, -0.25) is 9.78 Å². The van der Waals surface area contributed by atoms with E-state index in [1.165, 1.54) is 0 Å². The molecule has 5 heterocycles. The standard InChI is InChI=1S/C23H29N7O/c1-28-19(6-2-3-7-22(28)31)16-29-13-10-17(11-14-29)23-26-25-21-9-8-20(27-30(21)23)18-5-4-12-24-15-18/h4-5,8-9,12,15,17,19H,2-3,6-7,10-11,13-14,16H2,1H3. The average Bonchev–Trinajstić information content (AvgIpc) is 3.17. The Labute approximate surface area is 182 Å². The van der Waals surface area contributed by atoms with Crippen molar-refractivity contribution in [3.05, 3.63) is 42.5 Å². The Hall–Kier alpha value is -2.87. The Balaban J connectivity index is 1.28. The lowest BCUT2D eigenvalue weighted by Crippen LogP contribution is -2.46. The zero-order chi connectivity index (χ0) is 21.2. The summed E-state index contributed by atoms with van der Waals surface area (Å²) < 4.78 is 1.90. The topological polar surface area (TPSA) is 79.5 Å². The normalized spacial score (nSPS) is 21.5. The van der Waals surface area contributed by atoms with Gasteiger partial charge < -0.3 is 9.80 Å². The van der Waals surface area contributed by atoms with Gasteiger partial charge in [0, 0.05) is 49.9 Å². The fourth-order valence-corrected chi connectivity index (χ4v) is 4.84. The van der Waals surface area contributed by atoms with E-state index in [1.807, 2.05) is 46.9 Å². The summed E-state index contributed by atoms with van der Waals surface area (Å²) in [4.78, 5) is 20.9. The highest BCUT2D eigenvalue weighted by atomic mass is 16.2. The first-order chi connectivity index (χ1) is 15.2. The minimum atomic E-state index is 0.294. The number of likely N-dealkylation sites (N-methyl/N-ethyl adjacent to an activating group) is 1. The van der Waals surface area contributed by atoms with Crippen LogP contribution in [-0.4, -0.2) is 73.2 Å². The smallest absolute Gasteiger partial charge is 0.222 e. The Bertz CT molecular complexity index is 1040. The lowest BCUT2D eigenvalue weighted by atomic mass is 9.95. The highest BCUT2D eigenvalue weighted by Crippen LogP contribution is 2.28. The van der Waals surface area contributed by atoms with E-state index in [0.29, 0.717) is 24.3 Å². The van der Waals surface area contributed by atoms with Gasteiger partial charge in [0.25, 0.3) is 0 Å². The molecule has 162 valence electrons. The molecule has 0 saturated carbocycles. The van der Waals surface area contributed by atoms with Crippen LogP contribution >= 0.6 is 0 Å². The molecule has 2 aliphatic heterocycles. The van der Waals surface area contributed by atoms with E-state index in [4.69, 9.17) is 5.10 Å². The first-order valence-electron chi connectivity index (χ1n) is 11.3. The molecule has 0 spiro atoms. The Morgan fingerprint density at radius 3 is 2.74 bits per heavy atom. The summed E-state index contributed by atoms with van der Waals surface area (Å²) in [5.41, 5.74) is 2.64. The number of amides is 1. The molecule has 1 amide bonds. The van der Waals surface area contributed by atoms with Gasteiger partial charge in [0.15, 0.2) is 11.5 Å². The van der Waals surface area contributed by atoms with Crippen LogP contribution in [0, 0.1) is 0 Å². The summed E-state index contributed by atoms with van der Waals surface area (Å²) >= 11 is 0. The predicted molar refractivity (Wildman–Crippen MR) is 117 cm³/mol. The number of pyridine rings is 1. The van der Waals surface area contributed by atoms with Crippen LogP contribution < -0.4 is 0 Å². The molecule has 31 heavy (non-hydrogen) atoms. The number of hydrogen-bond donors (Lipinski definition) is 0. The van der Waals surface area contributed by atoms with Crippen molar-refractivity contribution in [1.82, 2.24) is 34.6 Å². The first kappa shape index (κ1) is 20.1. The van der Waals surface area contributed by atoms with Crippen LogP contribution in [0.25, 0.3) is 16.9 Å². The zero-order valence-electron chi connectivity index (χ0n) is 18.0. The van der Waals surface area contributed by atoms with Crippen molar-refractivity contribution in [2.45, 2.75) is 50.5 Å². The summed E-state index contributed by atoms with van der Waals surface area (Å²) in [5.74, 6) is 1.58. The summed E-state index contributed by atoms with van der Waals surface area (Å²) in [7, 11) is 1.97.